The van der Waals surface area contributed by atoms with Crippen molar-refractivity contribution < 1.29 is 54.6 Å². The van der Waals surface area contributed by atoms with Gasteiger partial charge in [-0.25, -0.2) is 0 Å². The Balaban J connectivity index is 1.14. The highest BCUT2D eigenvalue weighted by Gasteiger charge is 2.49. The van der Waals surface area contributed by atoms with E-state index in [1.165, 1.54) is 0 Å². The van der Waals surface area contributed by atoms with Crippen molar-refractivity contribution in [3.05, 3.63) is 119 Å². The fourth-order valence-corrected chi connectivity index (χ4v) is 13.9. The van der Waals surface area contributed by atoms with Crippen LogP contribution in [-0.4, -0.2) is 103 Å². The van der Waals surface area contributed by atoms with Crippen LogP contribution in [0.15, 0.2) is 117 Å². The highest BCUT2D eigenvalue weighted by Crippen LogP contribution is 2.50. The topological polar surface area (TPSA) is 291 Å². The van der Waals surface area contributed by atoms with E-state index in [4.69, 9.17) is 0 Å². The molecule has 0 spiro atoms. The maximum Gasteiger partial charge on any atom is 0.112 e. The van der Waals surface area contributed by atoms with Crippen molar-refractivity contribution >= 4 is 43.5 Å². The zero-order valence-corrected chi connectivity index (χ0v) is 38.1. The zero-order valence-electron chi connectivity index (χ0n) is 34.8. The van der Waals surface area contributed by atoms with Crippen molar-refractivity contribution in [1.82, 2.24) is 21.3 Å². The largest absolute Gasteiger partial charge is 0.310 e. The summed E-state index contributed by atoms with van der Waals surface area (Å²) in [6.45, 7) is 0. The van der Waals surface area contributed by atoms with Crippen LogP contribution < -0.4 is 21.3 Å². The van der Waals surface area contributed by atoms with Crippen molar-refractivity contribution in [3.63, 3.8) is 0 Å². The van der Waals surface area contributed by atoms with Gasteiger partial charge in [-0.1, -0.05) is 48.5 Å². The molecule has 0 aromatic heterocycles. The number of benzene rings is 4. The molecule has 0 aliphatic carbocycles. The molecule has 5 fully saturated rings. The van der Waals surface area contributed by atoms with Crippen LogP contribution in [0.3, 0.4) is 0 Å². The highest BCUT2D eigenvalue weighted by atomic mass is 32.3. The molecule has 0 saturated carbocycles. The highest BCUT2D eigenvalue weighted by molar-refractivity contribution is 8.20. The van der Waals surface area contributed by atoms with Gasteiger partial charge in [-0.2, -0.15) is 0 Å². The van der Waals surface area contributed by atoms with Gasteiger partial charge in [0.05, 0.1) is 19.6 Å². The summed E-state index contributed by atoms with van der Waals surface area (Å²) < 4.78 is 121. The Morgan fingerprint density at radius 2 is 0.391 bits per heavy atom. The molecule has 5 aliphatic rings. The van der Waals surface area contributed by atoms with E-state index in [2.05, 4.69) is 21.3 Å². The second-order valence-corrected chi connectivity index (χ2v) is 24.3. The minimum absolute atomic E-state index is 0.0237. The molecule has 5 saturated heterocycles. The van der Waals surface area contributed by atoms with Gasteiger partial charge in [0, 0.05) is 72.0 Å². The first-order chi connectivity index (χ1) is 30.2. The molecule has 4 aromatic carbocycles. The van der Waals surface area contributed by atoms with Crippen LogP contribution in [0.2, 0.25) is 0 Å². The Labute approximate surface area is 379 Å². The van der Waals surface area contributed by atoms with Gasteiger partial charge in [0.15, 0.2) is 0 Å². The maximum absolute atomic E-state index is 10.1. The fourth-order valence-electron chi connectivity index (χ4n) is 11.9. The van der Waals surface area contributed by atoms with Crippen molar-refractivity contribution in [1.29, 1.82) is 0 Å². The summed E-state index contributed by atoms with van der Waals surface area (Å²) >= 11 is 0. The third-order valence-electron chi connectivity index (χ3n) is 14.7. The average Bonchev–Trinajstić information content (AvgIpc) is 4.08. The summed E-state index contributed by atoms with van der Waals surface area (Å²) in [7, 11) is -15.7. The minimum atomic E-state index is -3.92. The van der Waals surface area contributed by atoms with Crippen molar-refractivity contribution in [3.8, 4) is 0 Å². The predicted molar refractivity (Wildman–Crippen MR) is 251 cm³/mol. The van der Waals surface area contributed by atoms with E-state index in [0.717, 1.165) is 73.6 Å². The van der Waals surface area contributed by atoms with Crippen LogP contribution in [0.25, 0.3) is 0 Å². The lowest BCUT2D eigenvalue weighted by atomic mass is 9.83. The third kappa shape index (κ3) is 9.67. The van der Waals surface area contributed by atoms with Gasteiger partial charge in [-0.3, -0.25) is 0 Å². The summed E-state index contributed by atoms with van der Waals surface area (Å²) in [5.41, 5.74) is 3.90. The van der Waals surface area contributed by atoms with E-state index in [9.17, 15) is 54.6 Å². The Kier molecular flexibility index (Phi) is 13.1. The molecule has 16 nitrogen and oxygen atoms in total. The quantitative estimate of drug-likeness (QED) is 0.0781. The Bertz CT molecular complexity index is 1880. The molecule has 5 heterocycles. The van der Waals surface area contributed by atoms with E-state index in [-0.39, 0.29) is 91.6 Å². The SMILES string of the molecule is OS(O)(O)c1ccc(C2C3CCC(N3)C(c3ccc(S(O)(O)O)cc3)C3CCC(N3)C(c3ccc(S(O)(O)O)cc3)C3CCC(N3)C(c3ccc(S(O)(O)O)cc3)C3CCC2N3)cc1. The second-order valence-electron chi connectivity index (χ2n) is 18.3. The average molecular weight is 965 g/mol. The van der Waals surface area contributed by atoms with Crippen LogP contribution in [0, 0.1) is 0 Å². The Morgan fingerprint density at radius 1 is 0.250 bits per heavy atom. The van der Waals surface area contributed by atoms with Gasteiger partial charge in [-0.05, 0) is 122 Å². The van der Waals surface area contributed by atoms with Crippen molar-refractivity contribution in [2.45, 2.75) is 143 Å². The third-order valence-corrected chi connectivity index (χ3v) is 18.3. The second kappa shape index (κ2) is 17.9. The molecule has 9 rings (SSSR count). The molecule has 0 radical (unpaired) electrons. The molecular weight excluding hydrogens is 905 g/mol. The number of nitrogens with one attached hydrogen (secondary N) is 4. The molecule has 20 heteroatoms. The van der Waals surface area contributed by atoms with Gasteiger partial charge >= 0.3 is 0 Å². The summed E-state index contributed by atoms with van der Waals surface area (Å²) in [6, 6.07) is 27.3. The molecular formula is C44H60N4O12S4. The predicted octanol–water partition coefficient (Wildman–Crippen LogP) is 9.95. The Hall–Kier alpha value is -2.36. The monoisotopic (exact) mass is 964 g/mol. The molecule has 5 aliphatic heterocycles. The molecule has 352 valence electrons. The van der Waals surface area contributed by atoms with E-state index in [1.807, 2.05) is 48.5 Å². The van der Waals surface area contributed by atoms with Crippen LogP contribution in [0.5, 0.6) is 0 Å². The zero-order chi connectivity index (χ0) is 45.3. The normalized spacial score (nSPS) is 33.6. The summed E-state index contributed by atoms with van der Waals surface area (Å²) in [5.74, 6) is -0.309. The fraction of sp³-hybridized carbons (Fsp3) is 0.455. The van der Waals surface area contributed by atoms with Crippen LogP contribution in [-0.2, 0) is 0 Å². The molecule has 8 atom stereocenters. The van der Waals surface area contributed by atoms with Crippen molar-refractivity contribution in [2.24, 2.45) is 0 Å². The number of hydrogen-bond acceptors (Lipinski definition) is 16. The molecule has 16 N–H and O–H groups in total. The van der Waals surface area contributed by atoms with E-state index in [1.54, 1.807) is 48.5 Å². The Morgan fingerprint density at radius 3 is 0.516 bits per heavy atom. The van der Waals surface area contributed by atoms with E-state index in [0.29, 0.717) is 0 Å². The first-order valence-corrected chi connectivity index (χ1v) is 27.7. The van der Waals surface area contributed by atoms with E-state index < -0.39 is 43.5 Å². The van der Waals surface area contributed by atoms with Crippen LogP contribution >= 0.6 is 43.5 Å². The lowest BCUT2D eigenvalue weighted by Crippen LogP contribution is -2.51. The standard InChI is InChI=1S/C44H60N4O12S4/c49-61(50,51)29-9-1-25(2-10-29)41-33-17-19-35(45-33)42(26-3-11-30(12-4-26)62(52,53)54)37-21-23-39(47-37)44(28-7-15-32(16-8-28)64(58,59)60)40-24-22-38(48-40)43(36-20-18-34(41)46-36)27-5-13-31(14-6-27)63(55,56)57/h1-16,33-60H,17-24H2. The summed E-state index contributed by atoms with van der Waals surface area (Å²) in [5, 5.41) is 16.3. The number of fused-ring (bicyclic) bond motifs is 8. The van der Waals surface area contributed by atoms with E-state index >= 15 is 0 Å². The minimum Gasteiger partial charge on any atom is -0.310 e. The van der Waals surface area contributed by atoms with Crippen molar-refractivity contribution in [2.75, 3.05) is 0 Å². The smallest absolute Gasteiger partial charge is 0.112 e. The summed E-state index contributed by atoms with van der Waals surface area (Å²) in [6.07, 6.45) is 6.56. The van der Waals surface area contributed by atoms with Gasteiger partial charge in [0.2, 0.25) is 0 Å². The van der Waals surface area contributed by atoms with Gasteiger partial charge < -0.3 is 75.9 Å². The lowest BCUT2D eigenvalue weighted by molar-refractivity contribution is 0.304. The lowest BCUT2D eigenvalue weighted by Gasteiger charge is -2.38. The summed E-state index contributed by atoms with van der Waals surface area (Å²) in [4.78, 5) is 0.138. The number of rotatable bonds is 8. The maximum atomic E-state index is 10.1. The molecule has 64 heavy (non-hydrogen) atoms. The molecule has 8 bridgehead atoms. The van der Waals surface area contributed by atoms with Crippen LogP contribution in [0.1, 0.15) is 97.3 Å². The first-order valence-electron chi connectivity index (χ1n) is 21.7. The van der Waals surface area contributed by atoms with Gasteiger partial charge in [-0.15, -0.1) is 0 Å². The van der Waals surface area contributed by atoms with Gasteiger partial charge in [0.1, 0.15) is 43.5 Å². The first kappa shape index (κ1) is 46.7. The molecule has 0 amide bonds. The van der Waals surface area contributed by atoms with Gasteiger partial charge in [0.25, 0.3) is 0 Å². The van der Waals surface area contributed by atoms with Crippen LogP contribution in [0.4, 0.5) is 0 Å². The molecule has 8 unspecified atom stereocenters. The molecule has 4 aromatic rings. The number of hydrogen-bond donors (Lipinski definition) is 16.